The van der Waals surface area contributed by atoms with Crippen LogP contribution in [-0.4, -0.2) is 22.1 Å². The third-order valence-corrected chi connectivity index (χ3v) is 2.29. The highest BCUT2D eigenvalue weighted by Gasteiger charge is 2.60. The van der Waals surface area contributed by atoms with Crippen molar-refractivity contribution in [1.82, 2.24) is 10.5 Å². The van der Waals surface area contributed by atoms with Crippen molar-refractivity contribution in [3.8, 4) is 0 Å². The lowest BCUT2D eigenvalue weighted by atomic mass is 10.1. The average Bonchev–Trinajstić information content (AvgIpc) is 2.70. The number of hydrogen-bond donors (Lipinski definition) is 3. The Morgan fingerprint density at radius 1 is 1.53 bits per heavy atom. The van der Waals surface area contributed by atoms with Gasteiger partial charge in [-0.15, -0.1) is 0 Å². The van der Waals surface area contributed by atoms with Crippen LogP contribution < -0.4 is 5.48 Å². The summed E-state index contributed by atoms with van der Waals surface area (Å²) in [5.74, 6) is -3.11. The Morgan fingerprint density at radius 2 is 2.27 bits per heavy atom. The third-order valence-electron chi connectivity index (χ3n) is 2.29. The molecular formula is C8H9F3N2O2. The number of nitrogens with one attached hydrogen (secondary N) is 2. The van der Waals surface area contributed by atoms with Crippen LogP contribution in [0, 0.1) is 0 Å². The van der Waals surface area contributed by atoms with Crippen LogP contribution in [0.5, 0.6) is 0 Å². The van der Waals surface area contributed by atoms with Gasteiger partial charge in [0.2, 0.25) is 0 Å². The lowest BCUT2D eigenvalue weighted by Crippen LogP contribution is -2.45. The smallest absolute Gasteiger partial charge is 0.364 e. The minimum atomic E-state index is -4.80. The second-order valence-electron chi connectivity index (χ2n) is 3.38. The molecule has 0 saturated carbocycles. The number of hydrogen-bond acceptors (Lipinski definition) is 3. The van der Waals surface area contributed by atoms with E-state index in [9.17, 15) is 18.3 Å². The fraction of sp³-hybridized carbons (Fsp3) is 0.500. The van der Waals surface area contributed by atoms with Crippen molar-refractivity contribution in [2.75, 3.05) is 0 Å². The minimum absolute atomic E-state index is 0.537. The van der Waals surface area contributed by atoms with Crippen molar-refractivity contribution in [2.45, 2.75) is 24.4 Å². The molecule has 1 aromatic rings. The van der Waals surface area contributed by atoms with Crippen LogP contribution in [0.15, 0.2) is 18.3 Å². The Labute approximate surface area is 83.0 Å². The lowest BCUT2D eigenvalue weighted by Gasteiger charge is -2.22. The maximum Gasteiger partial charge on any atom is 0.444 e. The van der Waals surface area contributed by atoms with Crippen LogP contribution >= 0.6 is 0 Å². The van der Waals surface area contributed by atoms with E-state index in [1.807, 2.05) is 0 Å². The monoisotopic (exact) mass is 222 g/mol. The normalized spacial score (nSPS) is 32.1. The zero-order valence-corrected chi connectivity index (χ0v) is 7.51. The molecule has 84 valence electrons. The van der Waals surface area contributed by atoms with Gasteiger partial charge in [-0.3, -0.25) is 4.84 Å². The van der Waals surface area contributed by atoms with Crippen molar-refractivity contribution in [3.63, 3.8) is 0 Å². The molecule has 0 unspecified atom stereocenters. The van der Waals surface area contributed by atoms with Crippen molar-refractivity contribution >= 4 is 0 Å². The predicted molar refractivity (Wildman–Crippen MR) is 43.4 cm³/mol. The minimum Gasteiger partial charge on any atom is -0.364 e. The number of alkyl halides is 3. The molecule has 0 spiro atoms. The summed E-state index contributed by atoms with van der Waals surface area (Å²) in [4.78, 5) is 6.95. The number of aromatic amines is 1. The van der Waals surface area contributed by atoms with E-state index in [-0.39, 0.29) is 0 Å². The maximum absolute atomic E-state index is 12.3. The largest absolute Gasteiger partial charge is 0.444 e. The third kappa shape index (κ3) is 1.73. The summed E-state index contributed by atoms with van der Waals surface area (Å²) in [6.07, 6.45) is -3.79. The van der Waals surface area contributed by atoms with Crippen molar-refractivity contribution < 1.29 is 23.1 Å². The van der Waals surface area contributed by atoms with E-state index in [4.69, 9.17) is 0 Å². The van der Waals surface area contributed by atoms with Crippen LogP contribution in [0.2, 0.25) is 0 Å². The molecule has 0 amide bonds. The van der Waals surface area contributed by atoms with Crippen LogP contribution in [-0.2, 0) is 4.84 Å². The maximum atomic E-state index is 12.3. The Kier molecular flexibility index (Phi) is 2.25. The average molecular weight is 222 g/mol. The molecule has 1 aromatic heterocycles. The van der Waals surface area contributed by atoms with Crippen LogP contribution in [0.4, 0.5) is 13.2 Å². The number of halogens is 3. The van der Waals surface area contributed by atoms with Gasteiger partial charge < -0.3 is 10.1 Å². The highest BCUT2D eigenvalue weighted by atomic mass is 19.4. The van der Waals surface area contributed by atoms with E-state index in [2.05, 4.69) is 15.3 Å². The first-order chi connectivity index (χ1) is 6.92. The molecule has 0 aliphatic carbocycles. The molecule has 7 heteroatoms. The zero-order chi connectivity index (χ0) is 11.1. The Balaban J connectivity index is 2.13. The Bertz CT molecular complexity index is 338. The molecule has 1 aliphatic heterocycles. The summed E-state index contributed by atoms with van der Waals surface area (Å²) in [7, 11) is 0. The van der Waals surface area contributed by atoms with Crippen LogP contribution in [0.25, 0.3) is 0 Å². The van der Waals surface area contributed by atoms with Gasteiger partial charge in [0.05, 0.1) is 6.04 Å². The number of hydroxylamine groups is 1. The topological polar surface area (TPSA) is 57.3 Å². The molecule has 0 bridgehead atoms. The molecule has 4 nitrogen and oxygen atoms in total. The highest BCUT2D eigenvalue weighted by Crippen LogP contribution is 2.41. The molecular weight excluding hydrogens is 213 g/mol. The quantitative estimate of drug-likeness (QED) is 0.669. The number of aromatic nitrogens is 1. The standard InChI is InChI=1S/C8H9F3N2O2/c9-8(10,11)7(14)4-6(13-15-7)5-2-1-3-12-5/h1-3,6,12-14H,4H2/t6-,7-/m0/s1. The van der Waals surface area contributed by atoms with Gasteiger partial charge >= 0.3 is 6.18 Å². The molecule has 2 rings (SSSR count). The first kappa shape index (κ1) is 10.5. The molecule has 1 aliphatic rings. The van der Waals surface area contributed by atoms with Crippen LogP contribution in [0.1, 0.15) is 18.2 Å². The molecule has 3 N–H and O–H groups in total. The summed E-state index contributed by atoms with van der Waals surface area (Å²) >= 11 is 0. The van der Waals surface area contributed by atoms with Gasteiger partial charge in [-0.2, -0.15) is 18.7 Å². The Hall–Kier alpha value is -1.05. The van der Waals surface area contributed by atoms with Crippen molar-refractivity contribution in [2.24, 2.45) is 0 Å². The van der Waals surface area contributed by atoms with E-state index in [0.717, 1.165) is 0 Å². The summed E-state index contributed by atoms with van der Waals surface area (Å²) in [6.45, 7) is 0. The van der Waals surface area contributed by atoms with Gasteiger partial charge in [-0.1, -0.05) is 0 Å². The summed E-state index contributed by atoms with van der Waals surface area (Å²) in [5, 5.41) is 9.17. The molecule has 15 heavy (non-hydrogen) atoms. The first-order valence-electron chi connectivity index (χ1n) is 4.28. The second kappa shape index (κ2) is 3.22. The zero-order valence-electron chi connectivity index (χ0n) is 7.51. The lowest BCUT2D eigenvalue weighted by molar-refractivity contribution is -0.361. The van der Waals surface area contributed by atoms with E-state index in [0.29, 0.717) is 5.69 Å². The molecule has 0 aromatic carbocycles. The fourth-order valence-electron chi connectivity index (χ4n) is 1.44. The predicted octanol–water partition coefficient (Wildman–Crippen LogP) is 1.23. The Morgan fingerprint density at radius 3 is 2.73 bits per heavy atom. The van der Waals surface area contributed by atoms with Crippen LogP contribution in [0.3, 0.4) is 0 Å². The summed E-state index contributed by atoms with van der Waals surface area (Å²) < 4.78 is 37.0. The van der Waals surface area contributed by atoms with E-state index in [1.54, 1.807) is 18.3 Å². The first-order valence-corrected chi connectivity index (χ1v) is 4.28. The van der Waals surface area contributed by atoms with Gasteiger partial charge in [-0.05, 0) is 12.1 Å². The second-order valence-corrected chi connectivity index (χ2v) is 3.38. The fourth-order valence-corrected chi connectivity index (χ4v) is 1.44. The SMILES string of the molecule is O[C@@]1(C(F)(F)F)C[C@@H](c2ccc[nH]2)NO1. The van der Waals surface area contributed by atoms with Gasteiger partial charge in [0.15, 0.2) is 0 Å². The highest BCUT2D eigenvalue weighted by molar-refractivity contribution is 5.11. The van der Waals surface area contributed by atoms with E-state index in [1.165, 1.54) is 0 Å². The molecule has 2 atom stereocenters. The summed E-state index contributed by atoms with van der Waals surface area (Å²) in [5.41, 5.74) is 2.69. The van der Waals surface area contributed by atoms with Crippen molar-refractivity contribution in [3.05, 3.63) is 24.0 Å². The van der Waals surface area contributed by atoms with Gasteiger partial charge in [0, 0.05) is 18.3 Å². The van der Waals surface area contributed by atoms with Gasteiger partial charge in [-0.25, -0.2) is 0 Å². The number of aliphatic hydroxyl groups is 1. The summed E-state index contributed by atoms with van der Waals surface area (Å²) in [6, 6.07) is 2.58. The van der Waals surface area contributed by atoms with Crippen molar-refractivity contribution in [1.29, 1.82) is 0 Å². The number of H-pyrrole nitrogens is 1. The molecule has 1 fully saturated rings. The van der Waals surface area contributed by atoms with E-state index < -0.39 is 24.4 Å². The molecule has 0 radical (unpaired) electrons. The molecule has 1 saturated heterocycles. The van der Waals surface area contributed by atoms with Gasteiger partial charge in [0.1, 0.15) is 0 Å². The molecule has 2 heterocycles. The van der Waals surface area contributed by atoms with E-state index >= 15 is 0 Å². The number of rotatable bonds is 1. The van der Waals surface area contributed by atoms with Gasteiger partial charge in [0.25, 0.3) is 5.79 Å².